The zero-order valence-electron chi connectivity index (χ0n) is 14.9. The van der Waals surface area contributed by atoms with Gasteiger partial charge in [-0.2, -0.15) is 0 Å². The minimum Gasteiger partial charge on any atom is -0.492 e. The van der Waals surface area contributed by atoms with Crippen molar-refractivity contribution >= 4 is 10.0 Å². The number of hydrogen-bond donors (Lipinski definition) is 1. The fraction of sp³-hybridized carbons (Fsp3) is 0.368. The third kappa shape index (κ3) is 4.16. The van der Waals surface area contributed by atoms with E-state index < -0.39 is 10.0 Å². The van der Waals surface area contributed by atoms with Crippen molar-refractivity contribution in [2.24, 2.45) is 0 Å². The SMILES string of the molecule is Cc1ccc(C)c(S(=O)(=O)NCCOc2c(C)ccc(C)c2C)c1. The summed E-state index contributed by atoms with van der Waals surface area (Å²) in [5.74, 6) is 0.834. The van der Waals surface area contributed by atoms with E-state index >= 15 is 0 Å². The molecule has 0 radical (unpaired) electrons. The second kappa shape index (κ2) is 7.36. The van der Waals surface area contributed by atoms with E-state index in [2.05, 4.69) is 10.8 Å². The fourth-order valence-electron chi connectivity index (χ4n) is 2.55. The molecule has 0 bridgehead atoms. The average Bonchev–Trinajstić information content (AvgIpc) is 2.52. The molecule has 0 unspecified atom stereocenters. The van der Waals surface area contributed by atoms with Crippen LogP contribution < -0.4 is 9.46 Å². The summed E-state index contributed by atoms with van der Waals surface area (Å²) >= 11 is 0. The summed E-state index contributed by atoms with van der Waals surface area (Å²) in [5, 5.41) is 0. The third-order valence-electron chi connectivity index (χ3n) is 4.15. The van der Waals surface area contributed by atoms with Gasteiger partial charge in [0.05, 0.1) is 4.90 Å². The summed E-state index contributed by atoms with van der Waals surface area (Å²) in [6, 6.07) is 9.48. The Bertz CT molecular complexity index is 842. The van der Waals surface area contributed by atoms with Crippen molar-refractivity contribution in [1.29, 1.82) is 0 Å². The van der Waals surface area contributed by atoms with Crippen molar-refractivity contribution in [1.82, 2.24) is 4.72 Å². The number of ether oxygens (including phenoxy) is 1. The molecule has 130 valence electrons. The highest BCUT2D eigenvalue weighted by Gasteiger charge is 2.16. The van der Waals surface area contributed by atoms with E-state index in [1.54, 1.807) is 13.0 Å². The van der Waals surface area contributed by atoms with Crippen LogP contribution in [0, 0.1) is 34.6 Å². The van der Waals surface area contributed by atoms with Gasteiger partial charge in [-0.15, -0.1) is 0 Å². The van der Waals surface area contributed by atoms with Gasteiger partial charge in [-0.3, -0.25) is 0 Å². The first-order valence-corrected chi connectivity index (χ1v) is 9.47. The van der Waals surface area contributed by atoms with Gasteiger partial charge < -0.3 is 4.74 Å². The lowest BCUT2D eigenvalue weighted by molar-refractivity contribution is 0.318. The van der Waals surface area contributed by atoms with E-state index in [-0.39, 0.29) is 13.2 Å². The van der Waals surface area contributed by atoms with Crippen LogP contribution in [0.25, 0.3) is 0 Å². The Kier molecular flexibility index (Phi) is 5.67. The summed E-state index contributed by atoms with van der Waals surface area (Å²) in [6.07, 6.45) is 0. The number of nitrogens with one attached hydrogen (secondary N) is 1. The van der Waals surface area contributed by atoms with Crippen LogP contribution in [0.15, 0.2) is 35.2 Å². The molecule has 0 aliphatic carbocycles. The molecule has 0 amide bonds. The van der Waals surface area contributed by atoms with Crippen LogP contribution in [0.4, 0.5) is 0 Å². The summed E-state index contributed by atoms with van der Waals surface area (Å²) in [7, 11) is -3.53. The normalized spacial score (nSPS) is 11.5. The smallest absolute Gasteiger partial charge is 0.240 e. The number of benzene rings is 2. The zero-order chi connectivity index (χ0) is 17.9. The zero-order valence-corrected chi connectivity index (χ0v) is 15.8. The number of hydrogen-bond acceptors (Lipinski definition) is 3. The van der Waals surface area contributed by atoms with Crippen LogP contribution >= 0.6 is 0 Å². The fourth-order valence-corrected chi connectivity index (χ4v) is 3.89. The van der Waals surface area contributed by atoms with Crippen LogP contribution in [-0.4, -0.2) is 21.6 Å². The van der Waals surface area contributed by atoms with Gasteiger partial charge in [0.1, 0.15) is 12.4 Å². The largest absolute Gasteiger partial charge is 0.492 e. The van der Waals surface area contributed by atoms with Gasteiger partial charge in [-0.1, -0.05) is 24.3 Å². The summed E-state index contributed by atoms with van der Waals surface area (Å²) in [4.78, 5) is 0.324. The molecule has 0 aliphatic rings. The standard InChI is InChI=1S/C19H25NO3S/c1-13-6-7-15(3)18(12-13)24(21,22)20-10-11-23-19-16(4)9-8-14(2)17(19)5/h6-9,12,20H,10-11H2,1-5H3. The molecule has 0 atom stereocenters. The maximum absolute atomic E-state index is 12.4. The topological polar surface area (TPSA) is 55.4 Å². The maximum Gasteiger partial charge on any atom is 0.240 e. The van der Waals surface area contributed by atoms with Crippen molar-refractivity contribution in [2.45, 2.75) is 39.5 Å². The Morgan fingerprint density at radius 3 is 2.25 bits per heavy atom. The molecule has 0 saturated heterocycles. The predicted octanol–water partition coefficient (Wildman–Crippen LogP) is 3.59. The summed E-state index contributed by atoms with van der Waals surface area (Å²) in [6.45, 7) is 10.2. The highest BCUT2D eigenvalue weighted by atomic mass is 32.2. The first kappa shape index (κ1) is 18.5. The van der Waals surface area contributed by atoms with E-state index in [1.807, 2.05) is 45.9 Å². The van der Waals surface area contributed by atoms with Gasteiger partial charge >= 0.3 is 0 Å². The molecule has 2 aromatic rings. The molecule has 0 saturated carbocycles. The minimum atomic E-state index is -3.53. The number of sulfonamides is 1. The molecule has 2 aromatic carbocycles. The van der Waals surface area contributed by atoms with Crippen molar-refractivity contribution < 1.29 is 13.2 Å². The molecule has 0 aromatic heterocycles. The molecular weight excluding hydrogens is 322 g/mol. The molecule has 0 spiro atoms. The molecule has 0 heterocycles. The summed E-state index contributed by atoms with van der Waals surface area (Å²) < 4.78 is 33.3. The molecule has 0 aliphatic heterocycles. The highest BCUT2D eigenvalue weighted by molar-refractivity contribution is 7.89. The van der Waals surface area contributed by atoms with E-state index in [1.165, 1.54) is 0 Å². The van der Waals surface area contributed by atoms with Crippen LogP contribution in [0.1, 0.15) is 27.8 Å². The molecule has 24 heavy (non-hydrogen) atoms. The molecule has 2 rings (SSSR count). The number of aryl methyl sites for hydroxylation is 4. The van der Waals surface area contributed by atoms with Crippen LogP contribution in [0.2, 0.25) is 0 Å². The van der Waals surface area contributed by atoms with Gasteiger partial charge in [0.25, 0.3) is 0 Å². The van der Waals surface area contributed by atoms with E-state index in [0.29, 0.717) is 4.90 Å². The lowest BCUT2D eigenvalue weighted by Crippen LogP contribution is -2.29. The second-order valence-electron chi connectivity index (χ2n) is 6.17. The van der Waals surface area contributed by atoms with Crippen LogP contribution in [0.3, 0.4) is 0 Å². The lowest BCUT2D eigenvalue weighted by Gasteiger charge is -2.15. The maximum atomic E-state index is 12.4. The first-order chi connectivity index (χ1) is 11.2. The minimum absolute atomic E-state index is 0.225. The number of rotatable bonds is 6. The van der Waals surface area contributed by atoms with Gasteiger partial charge in [-0.05, 0) is 68.5 Å². The van der Waals surface area contributed by atoms with Gasteiger partial charge in [0.15, 0.2) is 0 Å². The average molecular weight is 347 g/mol. The Morgan fingerprint density at radius 1 is 0.917 bits per heavy atom. The predicted molar refractivity (Wildman–Crippen MR) is 97.3 cm³/mol. The van der Waals surface area contributed by atoms with Crippen molar-refractivity contribution in [3.05, 3.63) is 58.1 Å². The highest BCUT2D eigenvalue weighted by Crippen LogP contribution is 2.25. The van der Waals surface area contributed by atoms with Crippen LogP contribution in [0.5, 0.6) is 5.75 Å². The third-order valence-corrected chi connectivity index (χ3v) is 5.75. The van der Waals surface area contributed by atoms with Crippen molar-refractivity contribution in [3.8, 4) is 5.75 Å². The molecule has 4 nitrogen and oxygen atoms in total. The van der Waals surface area contributed by atoms with Crippen LogP contribution in [-0.2, 0) is 10.0 Å². The second-order valence-corrected chi connectivity index (χ2v) is 7.90. The summed E-state index contributed by atoms with van der Waals surface area (Å²) in [5.41, 5.74) is 4.96. The van der Waals surface area contributed by atoms with Gasteiger partial charge in [-0.25, -0.2) is 13.1 Å². The molecular formula is C19H25NO3S. The Morgan fingerprint density at radius 2 is 1.54 bits per heavy atom. The van der Waals surface area contributed by atoms with E-state index in [0.717, 1.165) is 33.6 Å². The van der Waals surface area contributed by atoms with E-state index in [4.69, 9.17) is 4.74 Å². The lowest BCUT2D eigenvalue weighted by atomic mass is 10.1. The Hall–Kier alpha value is -1.85. The molecule has 0 fully saturated rings. The van der Waals surface area contributed by atoms with E-state index in [9.17, 15) is 8.42 Å². The molecule has 5 heteroatoms. The van der Waals surface area contributed by atoms with Crippen molar-refractivity contribution in [2.75, 3.05) is 13.2 Å². The Balaban J connectivity index is 2.02. The van der Waals surface area contributed by atoms with Gasteiger partial charge in [0, 0.05) is 6.54 Å². The Labute approximate surface area is 144 Å². The monoisotopic (exact) mass is 347 g/mol. The van der Waals surface area contributed by atoms with Gasteiger partial charge in [0.2, 0.25) is 10.0 Å². The molecule has 1 N–H and O–H groups in total. The quantitative estimate of drug-likeness (QED) is 0.813. The van der Waals surface area contributed by atoms with Crippen molar-refractivity contribution in [3.63, 3.8) is 0 Å². The first-order valence-electron chi connectivity index (χ1n) is 7.99.